The minimum Gasteiger partial charge on any atom is -0.347 e. The molecule has 0 saturated heterocycles. The number of carbonyl (C=O) groups is 4. The van der Waals surface area contributed by atoms with Crippen molar-refractivity contribution < 1.29 is 19.2 Å². The van der Waals surface area contributed by atoms with Crippen molar-refractivity contribution in [1.82, 2.24) is 36.0 Å². The fraction of sp³-hybridized carbons (Fsp3) is 0.379. The second-order valence-electron chi connectivity index (χ2n) is 11.0. The second-order valence-corrected chi connectivity index (χ2v) is 11.0. The Morgan fingerprint density at radius 1 is 0.850 bits per heavy atom. The second kappa shape index (κ2) is 11.7. The summed E-state index contributed by atoms with van der Waals surface area (Å²) in [7, 11) is 0. The fourth-order valence-corrected chi connectivity index (χ4v) is 4.59. The van der Waals surface area contributed by atoms with E-state index in [4.69, 9.17) is 0 Å². The quantitative estimate of drug-likeness (QED) is 0.385. The molecule has 1 aliphatic rings. The van der Waals surface area contributed by atoms with Gasteiger partial charge in [-0.05, 0) is 37.0 Å². The molecule has 0 unspecified atom stereocenters. The number of benzene rings is 2. The summed E-state index contributed by atoms with van der Waals surface area (Å²) in [5.74, 6) is -1.02. The lowest BCUT2D eigenvalue weighted by Gasteiger charge is -2.32. The molecule has 1 aliphatic heterocycles. The molecule has 1 aromatic heterocycles. The van der Waals surface area contributed by atoms with Crippen LogP contribution in [0.4, 0.5) is 0 Å². The highest BCUT2D eigenvalue weighted by atomic mass is 16.2. The van der Waals surface area contributed by atoms with E-state index in [9.17, 15) is 19.2 Å². The summed E-state index contributed by atoms with van der Waals surface area (Å²) in [6, 6.07) is 13.4. The zero-order valence-corrected chi connectivity index (χ0v) is 23.3. The van der Waals surface area contributed by atoms with Gasteiger partial charge in [0.05, 0.1) is 17.8 Å². The normalized spacial score (nSPS) is 20.9. The van der Waals surface area contributed by atoms with Crippen LogP contribution in [0.15, 0.2) is 54.6 Å². The zero-order chi connectivity index (χ0) is 29.0. The van der Waals surface area contributed by atoms with E-state index in [0.29, 0.717) is 22.9 Å². The maximum absolute atomic E-state index is 13.6. The third-order valence-corrected chi connectivity index (χ3v) is 6.77. The van der Waals surface area contributed by atoms with Gasteiger partial charge in [0.15, 0.2) is 5.82 Å². The average molecular weight is 546 g/mol. The first kappa shape index (κ1) is 28.5. The van der Waals surface area contributed by atoms with Gasteiger partial charge >= 0.3 is 0 Å². The van der Waals surface area contributed by atoms with Crippen molar-refractivity contribution >= 4 is 23.6 Å². The van der Waals surface area contributed by atoms with E-state index in [1.807, 2.05) is 51.1 Å². The molecule has 0 aliphatic carbocycles. The van der Waals surface area contributed by atoms with Crippen LogP contribution in [-0.2, 0) is 27.3 Å². The summed E-state index contributed by atoms with van der Waals surface area (Å²) in [6.45, 7) is 8.78. The van der Waals surface area contributed by atoms with E-state index >= 15 is 0 Å². The van der Waals surface area contributed by atoms with E-state index in [0.717, 1.165) is 5.56 Å². The van der Waals surface area contributed by atoms with Crippen LogP contribution in [0.5, 0.6) is 0 Å². The molecular formula is C29H35N7O4. The Kier molecular flexibility index (Phi) is 8.32. The summed E-state index contributed by atoms with van der Waals surface area (Å²) in [5.41, 5.74) is 0.996. The summed E-state index contributed by atoms with van der Waals surface area (Å²) >= 11 is 0. The first-order valence-corrected chi connectivity index (χ1v) is 13.2. The molecule has 0 saturated carbocycles. The molecule has 40 heavy (non-hydrogen) atoms. The lowest BCUT2D eigenvalue weighted by Crippen LogP contribution is -2.58. The zero-order valence-electron chi connectivity index (χ0n) is 23.3. The van der Waals surface area contributed by atoms with Crippen molar-refractivity contribution in [3.8, 4) is 5.69 Å². The van der Waals surface area contributed by atoms with Gasteiger partial charge < -0.3 is 21.3 Å². The molecule has 2 heterocycles. The van der Waals surface area contributed by atoms with Crippen LogP contribution in [0.1, 0.15) is 55.3 Å². The third kappa shape index (κ3) is 6.36. The molecule has 0 bridgehead atoms. The Morgan fingerprint density at radius 2 is 1.52 bits per heavy atom. The summed E-state index contributed by atoms with van der Waals surface area (Å²) in [5, 5.41) is 19.6. The number of carbonyl (C=O) groups excluding carboxylic acids is 4. The number of fused-ring (bicyclic) bond motifs is 3. The third-order valence-electron chi connectivity index (χ3n) is 6.77. The Bertz CT molecular complexity index is 1410. The molecule has 3 atom stereocenters. The Morgan fingerprint density at radius 3 is 2.23 bits per heavy atom. The van der Waals surface area contributed by atoms with Gasteiger partial charge in [0.2, 0.25) is 17.7 Å². The highest BCUT2D eigenvalue weighted by molar-refractivity contribution is 6.01. The van der Waals surface area contributed by atoms with Crippen molar-refractivity contribution in [2.24, 2.45) is 5.41 Å². The predicted molar refractivity (Wildman–Crippen MR) is 148 cm³/mol. The molecule has 0 radical (unpaired) electrons. The number of amides is 4. The van der Waals surface area contributed by atoms with Crippen LogP contribution in [0, 0.1) is 12.3 Å². The molecule has 11 heteroatoms. The maximum atomic E-state index is 13.6. The van der Waals surface area contributed by atoms with Gasteiger partial charge in [-0.1, -0.05) is 63.2 Å². The molecule has 210 valence electrons. The smallest absolute Gasteiger partial charge is 0.254 e. The Hall–Kier alpha value is -4.54. The number of para-hydroxylation sites is 1. The van der Waals surface area contributed by atoms with Gasteiger partial charge in [-0.3, -0.25) is 23.7 Å². The van der Waals surface area contributed by atoms with E-state index in [-0.39, 0.29) is 13.0 Å². The summed E-state index contributed by atoms with van der Waals surface area (Å²) in [6.07, 6.45) is 0.244. The molecule has 4 N–H and O–H groups in total. The first-order valence-electron chi connectivity index (χ1n) is 13.2. The number of hydrogen-bond acceptors (Lipinski definition) is 6. The number of rotatable bonds is 2. The molecule has 4 amide bonds. The Labute approximate surface area is 233 Å². The van der Waals surface area contributed by atoms with Crippen molar-refractivity contribution in [2.75, 3.05) is 0 Å². The van der Waals surface area contributed by atoms with Crippen LogP contribution >= 0.6 is 0 Å². The van der Waals surface area contributed by atoms with E-state index in [1.165, 1.54) is 6.92 Å². The average Bonchev–Trinajstić information content (AvgIpc) is 3.28. The largest absolute Gasteiger partial charge is 0.347 e. The SMILES string of the molecule is Cc1nnc2n1-c1ccccc1C(=O)N[C@@H](C(C)(C)C)C(=O)N[C@@H](C)C(=O)N[C@@H](Cc1ccccc1)C(=O)NC2. The number of nitrogens with one attached hydrogen (secondary N) is 4. The molecule has 3 aromatic rings. The van der Waals surface area contributed by atoms with Gasteiger partial charge in [0.1, 0.15) is 23.9 Å². The van der Waals surface area contributed by atoms with Gasteiger partial charge in [-0.2, -0.15) is 0 Å². The molecule has 11 nitrogen and oxygen atoms in total. The predicted octanol–water partition coefficient (Wildman–Crippen LogP) is 1.58. The highest BCUT2D eigenvalue weighted by Gasteiger charge is 2.35. The molecule has 0 fully saturated rings. The number of aromatic nitrogens is 3. The van der Waals surface area contributed by atoms with Crippen LogP contribution in [-0.4, -0.2) is 56.5 Å². The molecular weight excluding hydrogens is 510 g/mol. The van der Waals surface area contributed by atoms with Crippen LogP contribution in [0.3, 0.4) is 0 Å². The topological polar surface area (TPSA) is 147 Å². The van der Waals surface area contributed by atoms with Crippen molar-refractivity contribution in [2.45, 2.75) is 65.7 Å². The molecule has 0 spiro atoms. The van der Waals surface area contributed by atoms with Gasteiger partial charge in [0.25, 0.3) is 5.91 Å². The van der Waals surface area contributed by atoms with Gasteiger partial charge in [-0.15, -0.1) is 10.2 Å². The lowest BCUT2D eigenvalue weighted by atomic mass is 9.85. The highest BCUT2D eigenvalue weighted by Crippen LogP contribution is 2.23. The number of nitrogens with zero attached hydrogens (tertiary/aromatic N) is 3. The first-order chi connectivity index (χ1) is 19.0. The summed E-state index contributed by atoms with van der Waals surface area (Å²) < 4.78 is 1.69. The van der Waals surface area contributed by atoms with Crippen molar-refractivity contribution in [3.05, 3.63) is 77.4 Å². The van der Waals surface area contributed by atoms with Crippen LogP contribution < -0.4 is 21.3 Å². The standard InChI is InChI=1S/C29H35N7O4/c1-17-25(37)32-21(15-19-11-7-6-8-12-19)27(39)30-16-23-35-34-18(2)36(23)22-14-10-9-13-20(22)26(38)33-24(28(40)31-17)29(3,4)5/h6-14,17,21,24H,15-16H2,1-5H3,(H,30,39)(H,31,40)(H,32,37)(H,33,38)/t17-,21-,24+/m0/s1. The van der Waals surface area contributed by atoms with E-state index in [2.05, 4.69) is 31.5 Å². The minimum absolute atomic E-state index is 0.00763. The number of aryl methyl sites for hydroxylation is 1. The lowest BCUT2D eigenvalue weighted by molar-refractivity contribution is -0.133. The monoisotopic (exact) mass is 545 g/mol. The summed E-state index contributed by atoms with van der Waals surface area (Å²) in [4.78, 5) is 53.5. The Balaban J connectivity index is 1.78. The van der Waals surface area contributed by atoms with E-state index in [1.54, 1.807) is 35.8 Å². The fourth-order valence-electron chi connectivity index (χ4n) is 4.59. The van der Waals surface area contributed by atoms with Gasteiger partial charge in [-0.25, -0.2) is 0 Å². The van der Waals surface area contributed by atoms with Crippen LogP contribution in [0.25, 0.3) is 5.69 Å². The molecule has 2 aromatic carbocycles. The van der Waals surface area contributed by atoms with Crippen molar-refractivity contribution in [3.63, 3.8) is 0 Å². The van der Waals surface area contributed by atoms with Crippen molar-refractivity contribution in [1.29, 1.82) is 0 Å². The maximum Gasteiger partial charge on any atom is 0.254 e. The van der Waals surface area contributed by atoms with E-state index < -0.39 is 47.2 Å². The van der Waals surface area contributed by atoms with Gasteiger partial charge in [0, 0.05) is 6.42 Å². The number of hydrogen-bond donors (Lipinski definition) is 4. The minimum atomic E-state index is -0.966. The van der Waals surface area contributed by atoms with Crippen LogP contribution in [0.2, 0.25) is 0 Å². The molecule has 4 rings (SSSR count).